The van der Waals surface area contributed by atoms with Gasteiger partial charge in [0.2, 0.25) is 0 Å². The van der Waals surface area contributed by atoms with E-state index >= 15 is 0 Å². The number of hydrogen-bond acceptors (Lipinski definition) is 6. The SMILES string of the molecule is CC1=C(C(=O)OCCOC(=O)C2=C(C)NC(=O)NC2c2ccccc2)C(c2ccccc2)NC(=O)N1. The predicted molar refractivity (Wildman–Crippen MR) is 129 cm³/mol. The smallest absolute Gasteiger partial charge is 0.338 e. The number of rotatable bonds is 7. The van der Waals surface area contributed by atoms with Gasteiger partial charge in [0, 0.05) is 11.4 Å². The monoisotopic (exact) mass is 490 g/mol. The number of allylic oxidation sites excluding steroid dienone is 2. The second-order valence-corrected chi connectivity index (χ2v) is 8.23. The second-order valence-electron chi connectivity index (χ2n) is 8.23. The molecule has 2 heterocycles. The van der Waals surface area contributed by atoms with Crippen LogP contribution in [-0.4, -0.2) is 37.2 Å². The average Bonchev–Trinajstić information content (AvgIpc) is 2.86. The number of ether oxygens (including phenoxy) is 2. The Hall–Kier alpha value is -4.60. The first kappa shape index (κ1) is 24.5. The van der Waals surface area contributed by atoms with Gasteiger partial charge in [-0.05, 0) is 25.0 Å². The van der Waals surface area contributed by atoms with Gasteiger partial charge in [0.25, 0.3) is 0 Å². The van der Waals surface area contributed by atoms with Gasteiger partial charge in [-0.15, -0.1) is 0 Å². The van der Waals surface area contributed by atoms with Crippen molar-refractivity contribution in [2.24, 2.45) is 0 Å². The topological polar surface area (TPSA) is 135 Å². The average molecular weight is 491 g/mol. The molecule has 0 bridgehead atoms. The number of carbonyl (C=O) groups excluding carboxylic acids is 4. The van der Waals surface area contributed by atoms with Crippen LogP contribution in [0.5, 0.6) is 0 Å². The molecule has 36 heavy (non-hydrogen) atoms. The molecule has 2 atom stereocenters. The van der Waals surface area contributed by atoms with E-state index in [-0.39, 0.29) is 24.4 Å². The van der Waals surface area contributed by atoms with Crippen LogP contribution in [0, 0.1) is 0 Å². The molecule has 0 saturated heterocycles. The minimum atomic E-state index is -0.675. The first-order valence-corrected chi connectivity index (χ1v) is 11.4. The fourth-order valence-corrected chi connectivity index (χ4v) is 4.14. The summed E-state index contributed by atoms with van der Waals surface area (Å²) >= 11 is 0. The van der Waals surface area contributed by atoms with E-state index in [4.69, 9.17) is 9.47 Å². The highest BCUT2D eigenvalue weighted by Gasteiger charge is 2.33. The first-order valence-electron chi connectivity index (χ1n) is 11.4. The molecule has 4 N–H and O–H groups in total. The molecule has 2 aliphatic heterocycles. The van der Waals surface area contributed by atoms with Gasteiger partial charge in [-0.3, -0.25) is 0 Å². The Balaban J connectivity index is 1.40. The summed E-state index contributed by atoms with van der Waals surface area (Å²) in [5.74, 6) is -1.29. The summed E-state index contributed by atoms with van der Waals surface area (Å²) in [5.41, 5.74) is 2.73. The zero-order chi connectivity index (χ0) is 25.7. The Morgan fingerprint density at radius 1 is 0.667 bits per heavy atom. The summed E-state index contributed by atoms with van der Waals surface area (Å²) in [5, 5.41) is 10.6. The molecular formula is C26H26N4O6. The van der Waals surface area contributed by atoms with Crippen LogP contribution in [0.4, 0.5) is 9.59 Å². The van der Waals surface area contributed by atoms with Crippen molar-refractivity contribution in [2.45, 2.75) is 25.9 Å². The van der Waals surface area contributed by atoms with Gasteiger partial charge in [0.1, 0.15) is 13.2 Å². The van der Waals surface area contributed by atoms with Gasteiger partial charge in [0.15, 0.2) is 0 Å². The number of carbonyl (C=O) groups is 4. The molecule has 0 spiro atoms. The summed E-state index contributed by atoms with van der Waals surface area (Å²) in [6.07, 6.45) is 0. The normalized spacial score (nSPS) is 19.5. The zero-order valence-corrected chi connectivity index (χ0v) is 19.8. The maximum Gasteiger partial charge on any atom is 0.338 e. The van der Waals surface area contributed by atoms with Crippen LogP contribution < -0.4 is 21.3 Å². The van der Waals surface area contributed by atoms with Gasteiger partial charge in [-0.25, -0.2) is 19.2 Å². The van der Waals surface area contributed by atoms with E-state index in [1.807, 2.05) is 36.4 Å². The van der Waals surface area contributed by atoms with E-state index in [0.29, 0.717) is 11.4 Å². The quantitative estimate of drug-likeness (QED) is 0.348. The molecular weight excluding hydrogens is 464 g/mol. The van der Waals surface area contributed by atoms with E-state index in [0.717, 1.165) is 11.1 Å². The van der Waals surface area contributed by atoms with E-state index in [1.165, 1.54) is 0 Å². The third-order valence-corrected chi connectivity index (χ3v) is 5.79. The number of amides is 4. The Labute approximate surface area is 207 Å². The molecule has 2 aromatic rings. The highest BCUT2D eigenvalue weighted by molar-refractivity contribution is 5.96. The maximum absolute atomic E-state index is 12.9. The third-order valence-electron chi connectivity index (χ3n) is 5.79. The van der Waals surface area contributed by atoms with Crippen molar-refractivity contribution in [3.8, 4) is 0 Å². The van der Waals surface area contributed by atoms with Gasteiger partial charge >= 0.3 is 24.0 Å². The molecule has 2 aliphatic rings. The number of urea groups is 2. The standard InChI is InChI=1S/C26H26N4O6/c1-15-19(21(29-25(33)27-15)17-9-5-3-6-10-17)23(31)35-13-14-36-24(32)20-16(2)28-26(34)30-22(20)18-11-7-4-8-12-18/h3-12,21-22H,13-14H2,1-2H3,(H2,27,29,33)(H2,28,30,34). The molecule has 186 valence electrons. The summed E-state index contributed by atoms with van der Waals surface area (Å²) in [6, 6.07) is 15.9. The van der Waals surface area contributed by atoms with Crippen LogP contribution in [0.1, 0.15) is 37.1 Å². The predicted octanol–water partition coefficient (Wildman–Crippen LogP) is 2.73. The van der Waals surface area contributed by atoms with Crippen LogP contribution in [0.25, 0.3) is 0 Å². The molecule has 10 heteroatoms. The molecule has 0 aliphatic carbocycles. The highest BCUT2D eigenvalue weighted by atomic mass is 16.6. The van der Waals surface area contributed by atoms with Gasteiger partial charge in [-0.2, -0.15) is 0 Å². The zero-order valence-electron chi connectivity index (χ0n) is 19.8. The molecule has 0 saturated carbocycles. The second kappa shape index (κ2) is 10.8. The largest absolute Gasteiger partial charge is 0.459 e. The summed E-state index contributed by atoms with van der Waals surface area (Å²) in [7, 11) is 0. The van der Waals surface area contributed by atoms with Gasteiger partial charge in [-0.1, -0.05) is 60.7 Å². The lowest BCUT2D eigenvalue weighted by atomic mass is 9.95. The molecule has 4 rings (SSSR count). The van der Waals surface area contributed by atoms with E-state index in [9.17, 15) is 19.2 Å². The van der Waals surface area contributed by atoms with Crippen LogP contribution in [0.2, 0.25) is 0 Å². The van der Waals surface area contributed by atoms with Crippen LogP contribution in [0.3, 0.4) is 0 Å². The van der Waals surface area contributed by atoms with Crippen LogP contribution in [-0.2, 0) is 19.1 Å². The minimum absolute atomic E-state index is 0.196. The van der Waals surface area contributed by atoms with Crippen molar-refractivity contribution in [3.63, 3.8) is 0 Å². The Morgan fingerprint density at radius 2 is 1.03 bits per heavy atom. The molecule has 0 radical (unpaired) electrons. The Kier molecular flexibility index (Phi) is 7.33. The Bertz CT molecular complexity index is 1140. The number of esters is 2. The van der Waals surface area contributed by atoms with Crippen molar-refractivity contribution >= 4 is 24.0 Å². The van der Waals surface area contributed by atoms with Crippen LogP contribution in [0.15, 0.2) is 83.2 Å². The van der Waals surface area contributed by atoms with Gasteiger partial charge in [0.05, 0.1) is 23.2 Å². The highest BCUT2D eigenvalue weighted by Crippen LogP contribution is 2.28. The van der Waals surface area contributed by atoms with Crippen molar-refractivity contribution < 1.29 is 28.7 Å². The summed E-state index contributed by atoms with van der Waals surface area (Å²) < 4.78 is 10.7. The van der Waals surface area contributed by atoms with E-state index < -0.39 is 36.1 Å². The maximum atomic E-state index is 12.9. The fourth-order valence-electron chi connectivity index (χ4n) is 4.14. The lowest BCUT2D eigenvalue weighted by Gasteiger charge is -2.28. The first-order chi connectivity index (χ1) is 17.3. The van der Waals surface area contributed by atoms with Crippen molar-refractivity contribution in [3.05, 3.63) is 94.3 Å². The van der Waals surface area contributed by atoms with Crippen molar-refractivity contribution in [1.29, 1.82) is 0 Å². The summed E-state index contributed by atoms with van der Waals surface area (Å²) in [6.45, 7) is 2.85. The summed E-state index contributed by atoms with van der Waals surface area (Å²) in [4.78, 5) is 49.8. The lowest BCUT2D eigenvalue weighted by molar-refractivity contribution is -0.148. The molecule has 10 nitrogen and oxygen atoms in total. The Morgan fingerprint density at radius 3 is 1.39 bits per heavy atom. The third kappa shape index (κ3) is 5.38. The molecule has 2 unspecified atom stereocenters. The number of nitrogens with one attached hydrogen (secondary N) is 4. The molecule has 0 fully saturated rings. The van der Waals surface area contributed by atoms with E-state index in [1.54, 1.807) is 38.1 Å². The minimum Gasteiger partial charge on any atom is -0.459 e. The van der Waals surface area contributed by atoms with Crippen molar-refractivity contribution in [1.82, 2.24) is 21.3 Å². The van der Waals surface area contributed by atoms with Gasteiger partial charge < -0.3 is 30.7 Å². The van der Waals surface area contributed by atoms with Crippen molar-refractivity contribution in [2.75, 3.05) is 13.2 Å². The molecule has 2 aromatic carbocycles. The number of benzene rings is 2. The fraction of sp³-hybridized carbons (Fsp3) is 0.231. The van der Waals surface area contributed by atoms with Crippen LogP contribution >= 0.6 is 0 Å². The lowest BCUT2D eigenvalue weighted by Crippen LogP contribution is -2.45. The number of hydrogen-bond donors (Lipinski definition) is 4. The molecule has 4 amide bonds. The molecule has 0 aromatic heterocycles. The van der Waals surface area contributed by atoms with E-state index in [2.05, 4.69) is 21.3 Å².